The van der Waals surface area contributed by atoms with Crippen molar-refractivity contribution in [2.24, 2.45) is 0 Å². The quantitative estimate of drug-likeness (QED) is 0.809. The van der Waals surface area contributed by atoms with E-state index in [1.54, 1.807) is 0 Å². The van der Waals surface area contributed by atoms with E-state index in [1.807, 2.05) is 32.6 Å². The number of amides is 1. The third kappa shape index (κ3) is 5.35. The number of alkyl carbamates (subject to hydrolysis) is 1. The summed E-state index contributed by atoms with van der Waals surface area (Å²) in [5, 5.41) is 2.73. The van der Waals surface area contributed by atoms with E-state index in [1.165, 1.54) is 0 Å². The first-order valence-electron chi connectivity index (χ1n) is 6.16. The van der Waals surface area contributed by atoms with Gasteiger partial charge in [0.25, 0.3) is 0 Å². The van der Waals surface area contributed by atoms with E-state index in [0.29, 0.717) is 19.5 Å². The van der Waals surface area contributed by atoms with E-state index in [0.717, 1.165) is 6.54 Å². The van der Waals surface area contributed by atoms with Crippen molar-refractivity contribution in [1.82, 2.24) is 10.2 Å². The summed E-state index contributed by atoms with van der Waals surface area (Å²) in [6, 6.07) is -0.159. The third-order valence-electron chi connectivity index (χ3n) is 2.64. The van der Waals surface area contributed by atoms with Gasteiger partial charge >= 0.3 is 6.09 Å². The second-order valence-electron chi connectivity index (χ2n) is 5.53. The molecule has 100 valence electrons. The summed E-state index contributed by atoms with van der Waals surface area (Å²) < 4.78 is 18.6. The van der Waals surface area contributed by atoms with Crippen molar-refractivity contribution in [2.75, 3.05) is 19.6 Å². The van der Waals surface area contributed by atoms with Crippen LogP contribution in [0, 0.1) is 0 Å². The first kappa shape index (κ1) is 14.2. The minimum atomic E-state index is -0.872. The van der Waals surface area contributed by atoms with Crippen LogP contribution in [-0.2, 0) is 4.74 Å². The van der Waals surface area contributed by atoms with Crippen LogP contribution in [0.5, 0.6) is 0 Å². The van der Waals surface area contributed by atoms with Gasteiger partial charge in [0.1, 0.15) is 11.8 Å². The van der Waals surface area contributed by atoms with Gasteiger partial charge in [0, 0.05) is 25.6 Å². The van der Waals surface area contributed by atoms with Crippen molar-refractivity contribution in [1.29, 1.82) is 0 Å². The standard InChI is InChI=1S/C12H23FN2O2/c1-5-15-7-9(13)6-10(8-15)14-11(16)17-12(2,3)4/h9-10H,5-8H2,1-4H3,(H,14,16)/t9-,10?/m1/s1. The second kappa shape index (κ2) is 5.67. The molecular formula is C12H23FN2O2. The van der Waals surface area contributed by atoms with Gasteiger partial charge in [-0.05, 0) is 27.3 Å². The first-order chi connectivity index (χ1) is 7.80. The number of carbonyl (C=O) groups is 1. The zero-order valence-electron chi connectivity index (χ0n) is 11.1. The molecule has 4 nitrogen and oxygen atoms in total. The summed E-state index contributed by atoms with van der Waals surface area (Å²) in [5.74, 6) is 0. The van der Waals surface area contributed by atoms with Crippen molar-refractivity contribution in [3.63, 3.8) is 0 Å². The molecular weight excluding hydrogens is 223 g/mol. The normalized spacial score (nSPS) is 26.6. The Morgan fingerprint density at radius 2 is 2.12 bits per heavy atom. The second-order valence-corrected chi connectivity index (χ2v) is 5.53. The molecule has 0 aromatic carbocycles. The van der Waals surface area contributed by atoms with Gasteiger partial charge < -0.3 is 10.1 Å². The number of piperidine rings is 1. The number of nitrogens with zero attached hydrogens (tertiary/aromatic N) is 1. The molecule has 5 heteroatoms. The number of ether oxygens (including phenoxy) is 1. The highest BCUT2D eigenvalue weighted by Gasteiger charge is 2.28. The lowest BCUT2D eigenvalue weighted by Crippen LogP contribution is -2.52. The Morgan fingerprint density at radius 3 is 2.65 bits per heavy atom. The zero-order valence-corrected chi connectivity index (χ0v) is 11.1. The smallest absolute Gasteiger partial charge is 0.407 e. The molecule has 0 bridgehead atoms. The SMILES string of the molecule is CCN1CC(NC(=O)OC(C)(C)C)C[C@@H](F)C1. The molecule has 1 fully saturated rings. The van der Waals surface area contributed by atoms with Crippen LogP contribution in [-0.4, -0.2) is 48.4 Å². The van der Waals surface area contributed by atoms with Crippen LogP contribution in [0.15, 0.2) is 0 Å². The molecule has 0 aromatic heterocycles. The van der Waals surface area contributed by atoms with Crippen LogP contribution >= 0.6 is 0 Å². The van der Waals surface area contributed by atoms with Crippen molar-refractivity contribution in [2.45, 2.75) is 51.9 Å². The summed E-state index contributed by atoms with van der Waals surface area (Å²) in [7, 11) is 0. The summed E-state index contributed by atoms with van der Waals surface area (Å²) in [4.78, 5) is 13.6. The van der Waals surface area contributed by atoms with Crippen molar-refractivity contribution in [3.05, 3.63) is 0 Å². The maximum absolute atomic E-state index is 13.4. The van der Waals surface area contributed by atoms with E-state index < -0.39 is 17.9 Å². The molecule has 1 rings (SSSR count). The Kier molecular flexibility index (Phi) is 4.74. The largest absolute Gasteiger partial charge is 0.444 e. The summed E-state index contributed by atoms with van der Waals surface area (Å²) in [6.07, 6.45) is -0.966. The van der Waals surface area contributed by atoms with Crippen LogP contribution in [0.3, 0.4) is 0 Å². The minimum Gasteiger partial charge on any atom is -0.444 e. The molecule has 0 aliphatic carbocycles. The van der Waals surface area contributed by atoms with Crippen LogP contribution < -0.4 is 5.32 Å². The van der Waals surface area contributed by atoms with Crippen molar-refractivity contribution < 1.29 is 13.9 Å². The fourth-order valence-corrected chi connectivity index (χ4v) is 1.96. The highest BCUT2D eigenvalue weighted by Crippen LogP contribution is 2.14. The van der Waals surface area contributed by atoms with Gasteiger partial charge in [-0.15, -0.1) is 0 Å². The zero-order chi connectivity index (χ0) is 13.1. The monoisotopic (exact) mass is 246 g/mol. The number of likely N-dealkylation sites (tertiary alicyclic amines) is 1. The van der Waals surface area contributed by atoms with Crippen LogP contribution in [0.4, 0.5) is 9.18 Å². The Hall–Kier alpha value is -0.840. The lowest BCUT2D eigenvalue weighted by Gasteiger charge is -2.34. The number of carbonyl (C=O) groups excluding carboxylic acids is 1. The molecule has 1 saturated heterocycles. The predicted octanol–water partition coefficient (Wildman–Crippen LogP) is 1.94. The van der Waals surface area contributed by atoms with E-state index in [9.17, 15) is 9.18 Å². The molecule has 0 saturated carbocycles. The molecule has 1 unspecified atom stereocenters. The molecule has 1 N–H and O–H groups in total. The number of nitrogens with one attached hydrogen (secondary N) is 1. The Morgan fingerprint density at radius 1 is 1.47 bits per heavy atom. The molecule has 0 radical (unpaired) electrons. The molecule has 1 aliphatic rings. The van der Waals surface area contributed by atoms with Crippen LogP contribution in [0.1, 0.15) is 34.1 Å². The maximum atomic E-state index is 13.4. The lowest BCUT2D eigenvalue weighted by atomic mass is 10.0. The highest BCUT2D eigenvalue weighted by molar-refractivity contribution is 5.68. The number of hydrogen-bond acceptors (Lipinski definition) is 3. The Labute approximate surface area is 102 Å². The topological polar surface area (TPSA) is 41.6 Å². The summed E-state index contributed by atoms with van der Waals surface area (Å²) in [6.45, 7) is 9.37. The minimum absolute atomic E-state index is 0.159. The lowest BCUT2D eigenvalue weighted by molar-refractivity contribution is 0.0435. The molecule has 2 atom stereocenters. The van der Waals surface area contributed by atoms with Crippen molar-refractivity contribution >= 4 is 6.09 Å². The first-order valence-corrected chi connectivity index (χ1v) is 6.16. The molecule has 0 aromatic rings. The molecule has 0 spiro atoms. The average Bonchev–Trinajstić information content (AvgIpc) is 2.13. The van der Waals surface area contributed by atoms with Crippen LogP contribution in [0.2, 0.25) is 0 Å². The number of rotatable bonds is 2. The summed E-state index contributed by atoms with van der Waals surface area (Å²) in [5.41, 5.74) is -0.516. The fourth-order valence-electron chi connectivity index (χ4n) is 1.96. The third-order valence-corrected chi connectivity index (χ3v) is 2.64. The number of halogens is 1. The van der Waals surface area contributed by atoms with Gasteiger partial charge in [-0.2, -0.15) is 0 Å². The molecule has 17 heavy (non-hydrogen) atoms. The Bertz CT molecular complexity index is 266. The highest BCUT2D eigenvalue weighted by atomic mass is 19.1. The summed E-state index contributed by atoms with van der Waals surface area (Å²) >= 11 is 0. The Balaban J connectivity index is 2.42. The van der Waals surface area contributed by atoms with Gasteiger partial charge in [-0.25, -0.2) is 9.18 Å². The predicted molar refractivity (Wildman–Crippen MR) is 64.8 cm³/mol. The van der Waals surface area contributed by atoms with E-state index >= 15 is 0 Å². The molecule has 1 aliphatic heterocycles. The van der Waals surface area contributed by atoms with E-state index in [4.69, 9.17) is 4.74 Å². The average molecular weight is 246 g/mol. The van der Waals surface area contributed by atoms with Gasteiger partial charge in [-0.3, -0.25) is 4.90 Å². The molecule has 1 amide bonds. The van der Waals surface area contributed by atoms with Crippen molar-refractivity contribution in [3.8, 4) is 0 Å². The van der Waals surface area contributed by atoms with Gasteiger partial charge in [-0.1, -0.05) is 6.92 Å². The fraction of sp³-hybridized carbons (Fsp3) is 0.917. The van der Waals surface area contributed by atoms with Gasteiger partial charge in [0.2, 0.25) is 0 Å². The van der Waals surface area contributed by atoms with E-state index in [-0.39, 0.29) is 6.04 Å². The molecule has 1 heterocycles. The van der Waals surface area contributed by atoms with Gasteiger partial charge in [0.15, 0.2) is 0 Å². The number of likely N-dealkylation sites (N-methyl/N-ethyl adjacent to an activating group) is 1. The number of alkyl halides is 1. The van der Waals surface area contributed by atoms with E-state index in [2.05, 4.69) is 5.32 Å². The van der Waals surface area contributed by atoms with Crippen LogP contribution in [0.25, 0.3) is 0 Å². The number of hydrogen-bond donors (Lipinski definition) is 1. The van der Waals surface area contributed by atoms with Gasteiger partial charge in [0.05, 0.1) is 0 Å². The maximum Gasteiger partial charge on any atom is 0.407 e.